The van der Waals surface area contributed by atoms with Crippen molar-refractivity contribution in [3.8, 4) is 0 Å². The zero-order chi connectivity index (χ0) is 19.7. The van der Waals surface area contributed by atoms with Crippen molar-refractivity contribution in [3.63, 3.8) is 0 Å². The molecule has 1 aromatic rings. The van der Waals surface area contributed by atoms with Crippen LogP contribution in [0, 0.1) is 0 Å². The van der Waals surface area contributed by atoms with Crippen LogP contribution in [-0.4, -0.2) is 45.4 Å². The Kier molecular flexibility index (Phi) is 12.7. The summed E-state index contributed by atoms with van der Waals surface area (Å²) >= 11 is 0. The number of hydrogen-bond donors (Lipinski definition) is 1. The summed E-state index contributed by atoms with van der Waals surface area (Å²) in [6, 6.07) is 8.01. The molecular formula is C22H34N2O3. The van der Waals surface area contributed by atoms with Gasteiger partial charge in [-0.25, -0.2) is 0 Å². The minimum absolute atomic E-state index is 0.0579. The molecule has 0 spiro atoms. The summed E-state index contributed by atoms with van der Waals surface area (Å²) < 4.78 is 10.9. The molecule has 1 N–H and O–H groups in total. The first-order valence-corrected chi connectivity index (χ1v) is 9.67. The second kappa shape index (κ2) is 15.0. The van der Waals surface area contributed by atoms with Crippen molar-refractivity contribution in [2.45, 2.75) is 32.6 Å². The van der Waals surface area contributed by atoms with Gasteiger partial charge < -0.3 is 19.7 Å². The number of nitrogens with zero attached hydrogens (tertiary/aromatic N) is 1. The second-order valence-corrected chi connectivity index (χ2v) is 6.36. The Balaban J connectivity index is 2.56. The lowest BCUT2D eigenvalue weighted by Gasteiger charge is -2.25. The third kappa shape index (κ3) is 11.3. The van der Waals surface area contributed by atoms with Crippen molar-refractivity contribution in [1.29, 1.82) is 0 Å². The molecule has 0 atom stereocenters. The highest BCUT2D eigenvalue weighted by Crippen LogP contribution is 2.21. The molecule has 1 amide bonds. The molecule has 0 radical (unpaired) electrons. The summed E-state index contributed by atoms with van der Waals surface area (Å²) in [7, 11) is 0. The number of hydrogen-bond acceptors (Lipinski definition) is 4. The highest BCUT2D eigenvalue weighted by molar-refractivity contribution is 5.89. The third-order valence-electron chi connectivity index (χ3n) is 3.94. The number of nitrogens with one attached hydrogen (secondary N) is 1. The van der Waals surface area contributed by atoms with E-state index in [-0.39, 0.29) is 5.91 Å². The number of carbonyl (C=O) groups is 1. The van der Waals surface area contributed by atoms with Crippen LogP contribution in [-0.2, 0) is 14.3 Å². The number of benzene rings is 1. The molecular weight excluding hydrogens is 340 g/mol. The standard InChI is InChI=1S/C22H34N2O3/c1-4-15-26-17-8-6-13-24(14-7-9-18-27-16-5-2)22-12-10-11-21(19-22)23-20(3)25/h4-5,10-12,19H,1-2,6-9,13-18H2,3H3,(H,23,25). The number of anilines is 2. The van der Waals surface area contributed by atoms with Gasteiger partial charge in [-0.2, -0.15) is 0 Å². The lowest BCUT2D eigenvalue weighted by Crippen LogP contribution is -2.26. The fourth-order valence-corrected chi connectivity index (χ4v) is 2.70. The van der Waals surface area contributed by atoms with Crippen LogP contribution in [0.5, 0.6) is 0 Å². The molecule has 0 aliphatic rings. The van der Waals surface area contributed by atoms with E-state index in [1.807, 2.05) is 18.2 Å². The molecule has 5 nitrogen and oxygen atoms in total. The molecule has 0 fully saturated rings. The zero-order valence-corrected chi connectivity index (χ0v) is 16.6. The first-order valence-electron chi connectivity index (χ1n) is 9.67. The molecule has 0 aromatic heterocycles. The van der Waals surface area contributed by atoms with E-state index < -0.39 is 0 Å². The van der Waals surface area contributed by atoms with Gasteiger partial charge in [0.2, 0.25) is 5.91 Å². The fraction of sp³-hybridized carbons (Fsp3) is 0.500. The molecule has 0 heterocycles. The maximum atomic E-state index is 11.3. The van der Waals surface area contributed by atoms with E-state index in [0.29, 0.717) is 13.2 Å². The van der Waals surface area contributed by atoms with E-state index >= 15 is 0 Å². The van der Waals surface area contributed by atoms with Crippen molar-refractivity contribution >= 4 is 17.3 Å². The molecule has 0 aliphatic carbocycles. The maximum Gasteiger partial charge on any atom is 0.221 e. The van der Waals surface area contributed by atoms with Crippen LogP contribution in [0.25, 0.3) is 0 Å². The van der Waals surface area contributed by atoms with Gasteiger partial charge in [-0.3, -0.25) is 4.79 Å². The summed E-state index contributed by atoms with van der Waals surface area (Å²) in [5.41, 5.74) is 1.95. The van der Waals surface area contributed by atoms with Gasteiger partial charge in [0.05, 0.1) is 13.2 Å². The van der Waals surface area contributed by atoms with Crippen LogP contribution in [0.1, 0.15) is 32.6 Å². The van der Waals surface area contributed by atoms with Crippen LogP contribution in [0.15, 0.2) is 49.6 Å². The van der Waals surface area contributed by atoms with E-state index in [0.717, 1.165) is 63.4 Å². The van der Waals surface area contributed by atoms with Crippen molar-refractivity contribution in [2.24, 2.45) is 0 Å². The smallest absolute Gasteiger partial charge is 0.221 e. The Bertz CT molecular complexity index is 540. The van der Waals surface area contributed by atoms with Gasteiger partial charge in [0.1, 0.15) is 0 Å². The van der Waals surface area contributed by atoms with Crippen molar-refractivity contribution in [3.05, 3.63) is 49.6 Å². The van der Waals surface area contributed by atoms with E-state index in [4.69, 9.17) is 9.47 Å². The highest BCUT2D eigenvalue weighted by atomic mass is 16.5. The molecule has 27 heavy (non-hydrogen) atoms. The van der Waals surface area contributed by atoms with E-state index in [2.05, 4.69) is 29.4 Å². The normalized spacial score (nSPS) is 10.4. The Hall–Kier alpha value is -2.11. The minimum Gasteiger partial charge on any atom is -0.377 e. The van der Waals surface area contributed by atoms with E-state index in [1.165, 1.54) is 6.92 Å². The van der Waals surface area contributed by atoms with Gasteiger partial charge in [0.25, 0.3) is 0 Å². The molecule has 1 rings (SSSR count). The van der Waals surface area contributed by atoms with Gasteiger partial charge in [0, 0.05) is 44.6 Å². The monoisotopic (exact) mass is 374 g/mol. The number of rotatable bonds is 16. The first-order chi connectivity index (χ1) is 13.2. The second-order valence-electron chi connectivity index (χ2n) is 6.36. The summed E-state index contributed by atoms with van der Waals surface area (Å²) in [5, 5.41) is 2.86. The Morgan fingerprint density at radius 2 is 1.63 bits per heavy atom. The van der Waals surface area contributed by atoms with E-state index in [1.54, 1.807) is 12.2 Å². The van der Waals surface area contributed by atoms with Crippen LogP contribution >= 0.6 is 0 Å². The van der Waals surface area contributed by atoms with Gasteiger partial charge in [-0.05, 0) is 43.9 Å². The number of ether oxygens (including phenoxy) is 2. The molecule has 0 bridgehead atoms. The highest BCUT2D eigenvalue weighted by Gasteiger charge is 2.08. The average molecular weight is 375 g/mol. The van der Waals surface area contributed by atoms with Gasteiger partial charge in [-0.1, -0.05) is 18.2 Å². The SMILES string of the molecule is C=CCOCCCCN(CCCCOCC=C)c1cccc(NC(C)=O)c1. The molecule has 0 saturated heterocycles. The predicted octanol–water partition coefficient (Wildman–Crippen LogP) is 4.42. The van der Waals surface area contributed by atoms with Crippen LogP contribution in [0.3, 0.4) is 0 Å². The van der Waals surface area contributed by atoms with Gasteiger partial charge >= 0.3 is 0 Å². The molecule has 0 unspecified atom stereocenters. The summed E-state index contributed by atoms with van der Waals surface area (Å²) in [4.78, 5) is 13.7. The Labute approximate surface area is 164 Å². The third-order valence-corrected chi connectivity index (χ3v) is 3.94. The predicted molar refractivity (Wildman–Crippen MR) is 113 cm³/mol. The molecule has 150 valence electrons. The lowest BCUT2D eigenvalue weighted by molar-refractivity contribution is -0.114. The average Bonchev–Trinajstić information content (AvgIpc) is 2.65. The van der Waals surface area contributed by atoms with Gasteiger partial charge in [0.15, 0.2) is 0 Å². The zero-order valence-electron chi connectivity index (χ0n) is 16.6. The van der Waals surface area contributed by atoms with E-state index in [9.17, 15) is 4.79 Å². The summed E-state index contributed by atoms with van der Waals surface area (Å²) in [6.45, 7) is 13.5. The first kappa shape index (κ1) is 22.9. The van der Waals surface area contributed by atoms with Crippen LogP contribution in [0.2, 0.25) is 0 Å². The fourth-order valence-electron chi connectivity index (χ4n) is 2.70. The Morgan fingerprint density at radius 1 is 1.04 bits per heavy atom. The summed E-state index contributed by atoms with van der Waals surface area (Å²) in [5.74, 6) is -0.0579. The van der Waals surface area contributed by atoms with Crippen molar-refractivity contribution < 1.29 is 14.3 Å². The molecule has 0 aliphatic heterocycles. The molecule has 1 aromatic carbocycles. The summed E-state index contributed by atoms with van der Waals surface area (Å²) in [6.07, 6.45) is 7.67. The lowest BCUT2D eigenvalue weighted by atomic mass is 10.2. The molecule has 5 heteroatoms. The quantitative estimate of drug-likeness (QED) is 0.344. The van der Waals surface area contributed by atoms with Crippen molar-refractivity contribution in [2.75, 3.05) is 49.7 Å². The minimum atomic E-state index is -0.0579. The Morgan fingerprint density at radius 3 is 2.15 bits per heavy atom. The number of amides is 1. The van der Waals surface area contributed by atoms with Gasteiger partial charge in [-0.15, -0.1) is 13.2 Å². The largest absolute Gasteiger partial charge is 0.377 e. The van der Waals surface area contributed by atoms with Crippen molar-refractivity contribution in [1.82, 2.24) is 0 Å². The number of unbranched alkanes of at least 4 members (excludes halogenated alkanes) is 2. The van der Waals surface area contributed by atoms with Crippen LogP contribution < -0.4 is 10.2 Å². The number of carbonyl (C=O) groups excluding carboxylic acids is 1. The van der Waals surface area contributed by atoms with Crippen LogP contribution in [0.4, 0.5) is 11.4 Å². The maximum absolute atomic E-state index is 11.3. The molecule has 0 saturated carbocycles. The topological polar surface area (TPSA) is 50.8 Å².